The highest BCUT2D eigenvalue weighted by Gasteiger charge is 2.10. The van der Waals surface area contributed by atoms with Crippen LogP contribution in [0.1, 0.15) is 11.3 Å². The molecule has 21 heavy (non-hydrogen) atoms. The number of nitrogens with one attached hydrogen (secondary N) is 1. The van der Waals surface area contributed by atoms with Gasteiger partial charge in [-0.2, -0.15) is 0 Å². The van der Waals surface area contributed by atoms with Gasteiger partial charge in [0.05, 0.1) is 0 Å². The van der Waals surface area contributed by atoms with E-state index in [1.165, 1.54) is 32.3 Å². The molecular formula is C18H19BrN2. The van der Waals surface area contributed by atoms with Crippen LogP contribution >= 0.6 is 15.9 Å². The van der Waals surface area contributed by atoms with Gasteiger partial charge in [-0.3, -0.25) is 0 Å². The summed E-state index contributed by atoms with van der Waals surface area (Å²) in [5.41, 5.74) is 5.06. The second kappa shape index (κ2) is 5.94. The molecular weight excluding hydrogens is 324 g/mol. The standard InChI is InChI=1S/C18H19BrN2/c1-13-7-3-5-9-16(13)20-11-12-21-14(2)18(19)15-8-4-6-10-17(15)21/h3-10,20H,11-12H2,1-2H3. The largest absolute Gasteiger partial charge is 0.383 e. The van der Waals surface area contributed by atoms with E-state index in [2.05, 4.69) is 88.2 Å². The molecule has 0 aliphatic carbocycles. The fourth-order valence-electron chi connectivity index (χ4n) is 2.75. The van der Waals surface area contributed by atoms with Crippen molar-refractivity contribution < 1.29 is 0 Å². The molecule has 2 aromatic carbocycles. The van der Waals surface area contributed by atoms with Gasteiger partial charge in [-0.15, -0.1) is 0 Å². The first-order valence-electron chi connectivity index (χ1n) is 7.21. The van der Waals surface area contributed by atoms with Crippen molar-refractivity contribution in [3.05, 3.63) is 64.3 Å². The van der Waals surface area contributed by atoms with Gasteiger partial charge in [0.2, 0.25) is 0 Å². The third-order valence-electron chi connectivity index (χ3n) is 3.95. The van der Waals surface area contributed by atoms with Crippen LogP contribution in [0.25, 0.3) is 10.9 Å². The van der Waals surface area contributed by atoms with Crippen LogP contribution in [0.15, 0.2) is 53.0 Å². The quantitative estimate of drug-likeness (QED) is 0.695. The van der Waals surface area contributed by atoms with E-state index in [9.17, 15) is 0 Å². The molecule has 2 nitrogen and oxygen atoms in total. The molecule has 0 spiro atoms. The minimum absolute atomic E-state index is 0.913. The van der Waals surface area contributed by atoms with Crippen LogP contribution in [-0.4, -0.2) is 11.1 Å². The van der Waals surface area contributed by atoms with Gasteiger partial charge in [0, 0.05) is 39.8 Å². The predicted molar refractivity (Wildman–Crippen MR) is 94.0 cm³/mol. The Hall–Kier alpha value is -1.74. The van der Waals surface area contributed by atoms with Gasteiger partial charge < -0.3 is 9.88 Å². The van der Waals surface area contributed by atoms with Crippen LogP contribution < -0.4 is 5.32 Å². The molecule has 0 radical (unpaired) electrons. The summed E-state index contributed by atoms with van der Waals surface area (Å²) < 4.78 is 3.57. The first-order chi connectivity index (χ1) is 10.2. The van der Waals surface area contributed by atoms with E-state index < -0.39 is 0 Å². The van der Waals surface area contributed by atoms with Gasteiger partial charge in [-0.25, -0.2) is 0 Å². The summed E-state index contributed by atoms with van der Waals surface area (Å²) >= 11 is 3.71. The monoisotopic (exact) mass is 342 g/mol. The molecule has 0 amide bonds. The van der Waals surface area contributed by atoms with Crippen LogP contribution in [0.3, 0.4) is 0 Å². The smallest absolute Gasteiger partial charge is 0.0494 e. The lowest BCUT2D eigenvalue weighted by Crippen LogP contribution is -2.12. The number of para-hydroxylation sites is 2. The fourth-order valence-corrected chi connectivity index (χ4v) is 3.30. The zero-order chi connectivity index (χ0) is 14.8. The minimum Gasteiger partial charge on any atom is -0.383 e. The number of hydrogen-bond donors (Lipinski definition) is 1. The van der Waals surface area contributed by atoms with Gasteiger partial charge in [0.15, 0.2) is 0 Å². The van der Waals surface area contributed by atoms with Crippen LogP contribution in [0.4, 0.5) is 5.69 Å². The molecule has 0 saturated heterocycles. The number of hydrogen-bond acceptors (Lipinski definition) is 1. The average Bonchev–Trinajstić information content (AvgIpc) is 2.74. The minimum atomic E-state index is 0.913. The van der Waals surface area contributed by atoms with Crippen molar-refractivity contribution >= 4 is 32.5 Å². The Kier molecular flexibility index (Phi) is 4.02. The summed E-state index contributed by atoms with van der Waals surface area (Å²) in [7, 11) is 0. The maximum absolute atomic E-state index is 3.71. The van der Waals surface area contributed by atoms with E-state index in [1.54, 1.807) is 0 Å². The maximum atomic E-state index is 3.71. The normalized spacial score (nSPS) is 11.0. The maximum Gasteiger partial charge on any atom is 0.0494 e. The summed E-state index contributed by atoms with van der Waals surface area (Å²) in [4.78, 5) is 0. The van der Waals surface area contributed by atoms with Gasteiger partial charge in [-0.05, 0) is 47.5 Å². The van der Waals surface area contributed by atoms with E-state index in [4.69, 9.17) is 0 Å². The molecule has 1 heterocycles. The highest BCUT2D eigenvalue weighted by Crippen LogP contribution is 2.30. The van der Waals surface area contributed by atoms with E-state index in [-0.39, 0.29) is 0 Å². The fraction of sp³-hybridized carbons (Fsp3) is 0.222. The molecule has 0 fully saturated rings. The lowest BCUT2D eigenvalue weighted by atomic mass is 10.2. The van der Waals surface area contributed by atoms with Gasteiger partial charge in [0.1, 0.15) is 0 Å². The molecule has 0 aliphatic heterocycles. The molecule has 0 atom stereocenters. The Bertz CT molecular complexity index is 774. The van der Waals surface area contributed by atoms with Gasteiger partial charge >= 0.3 is 0 Å². The lowest BCUT2D eigenvalue weighted by Gasteiger charge is -2.12. The van der Waals surface area contributed by atoms with E-state index in [1.807, 2.05) is 0 Å². The molecule has 1 N–H and O–H groups in total. The van der Waals surface area contributed by atoms with E-state index >= 15 is 0 Å². The number of anilines is 1. The van der Waals surface area contributed by atoms with Crippen molar-refractivity contribution in [3.8, 4) is 0 Å². The summed E-state index contributed by atoms with van der Waals surface area (Å²) in [5, 5.41) is 4.81. The number of halogens is 1. The summed E-state index contributed by atoms with van der Waals surface area (Å²) in [5.74, 6) is 0. The Balaban J connectivity index is 1.80. The highest BCUT2D eigenvalue weighted by atomic mass is 79.9. The molecule has 3 rings (SSSR count). The van der Waals surface area contributed by atoms with E-state index in [0.717, 1.165) is 13.1 Å². The third-order valence-corrected chi connectivity index (χ3v) is 4.95. The van der Waals surface area contributed by atoms with Crippen LogP contribution in [-0.2, 0) is 6.54 Å². The molecule has 0 saturated carbocycles. The van der Waals surface area contributed by atoms with Crippen molar-refractivity contribution in [2.45, 2.75) is 20.4 Å². The zero-order valence-corrected chi connectivity index (χ0v) is 13.9. The van der Waals surface area contributed by atoms with Crippen molar-refractivity contribution in [1.82, 2.24) is 4.57 Å². The van der Waals surface area contributed by atoms with Gasteiger partial charge in [0.25, 0.3) is 0 Å². The number of aryl methyl sites for hydroxylation is 1. The molecule has 0 bridgehead atoms. The van der Waals surface area contributed by atoms with Crippen LogP contribution in [0, 0.1) is 13.8 Å². The van der Waals surface area contributed by atoms with Gasteiger partial charge in [-0.1, -0.05) is 36.4 Å². The number of rotatable bonds is 4. The van der Waals surface area contributed by atoms with Crippen LogP contribution in [0.5, 0.6) is 0 Å². The van der Waals surface area contributed by atoms with E-state index in [0.29, 0.717) is 0 Å². The third kappa shape index (κ3) is 2.70. The Morgan fingerprint density at radius 3 is 2.52 bits per heavy atom. The summed E-state index contributed by atoms with van der Waals surface area (Å²) in [6.45, 7) is 6.16. The molecule has 3 heteroatoms. The predicted octanol–water partition coefficient (Wildman–Crippen LogP) is 5.13. The summed E-state index contributed by atoms with van der Waals surface area (Å²) in [6, 6.07) is 16.9. The molecule has 0 aliphatic rings. The first-order valence-corrected chi connectivity index (χ1v) is 8.00. The van der Waals surface area contributed by atoms with Crippen molar-refractivity contribution in [1.29, 1.82) is 0 Å². The number of nitrogens with zero attached hydrogens (tertiary/aromatic N) is 1. The topological polar surface area (TPSA) is 17.0 Å². The van der Waals surface area contributed by atoms with Crippen molar-refractivity contribution in [2.75, 3.05) is 11.9 Å². The molecule has 0 unspecified atom stereocenters. The number of benzene rings is 2. The SMILES string of the molecule is Cc1ccccc1NCCn1c(C)c(Br)c2ccccc21. The zero-order valence-electron chi connectivity index (χ0n) is 12.4. The van der Waals surface area contributed by atoms with Crippen molar-refractivity contribution in [3.63, 3.8) is 0 Å². The van der Waals surface area contributed by atoms with Crippen LogP contribution in [0.2, 0.25) is 0 Å². The first kappa shape index (κ1) is 14.2. The average molecular weight is 343 g/mol. The Morgan fingerprint density at radius 2 is 1.71 bits per heavy atom. The summed E-state index contributed by atoms with van der Waals surface area (Å²) in [6.07, 6.45) is 0. The highest BCUT2D eigenvalue weighted by molar-refractivity contribution is 9.10. The second-order valence-corrected chi connectivity index (χ2v) is 6.10. The number of fused-ring (bicyclic) bond motifs is 1. The number of aromatic nitrogens is 1. The lowest BCUT2D eigenvalue weighted by molar-refractivity contribution is 0.732. The Morgan fingerprint density at radius 1 is 1.00 bits per heavy atom. The van der Waals surface area contributed by atoms with Crippen molar-refractivity contribution in [2.24, 2.45) is 0 Å². The Labute approximate surface area is 133 Å². The molecule has 1 aromatic heterocycles. The molecule has 108 valence electrons. The second-order valence-electron chi connectivity index (χ2n) is 5.31. The molecule has 3 aromatic rings.